The number of fused-ring (bicyclic) bond motifs is 4. The third-order valence-corrected chi connectivity index (χ3v) is 6.63. The molecule has 3 aromatic rings. The van der Waals surface area contributed by atoms with Gasteiger partial charge in [-0.2, -0.15) is 0 Å². The minimum Gasteiger partial charge on any atom is -0.507 e. The van der Waals surface area contributed by atoms with Crippen molar-refractivity contribution in [2.45, 2.75) is 58.5 Å². The van der Waals surface area contributed by atoms with E-state index < -0.39 is 47.0 Å². The van der Waals surface area contributed by atoms with Crippen molar-refractivity contribution in [1.29, 1.82) is 0 Å². The zero-order valence-electron chi connectivity index (χ0n) is 20.8. The molecule has 4 rings (SSSR count). The van der Waals surface area contributed by atoms with Gasteiger partial charge in [0.2, 0.25) is 5.43 Å². The molecule has 1 aliphatic rings. The second kappa shape index (κ2) is 8.92. The molecule has 1 aliphatic heterocycles. The van der Waals surface area contributed by atoms with Gasteiger partial charge in [-0.25, -0.2) is 0 Å². The van der Waals surface area contributed by atoms with Crippen molar-refractivity contribution in [3.05, 3.63) is 57.3 Å². The smallest absolute Gasteiger partial charge is 0.303 e. The lowest BCUT2D eigenvalue weighted by atomic mass is 9.85. The largest absolute Gasteiger partial charge is 0.507 e. The van der Waals surface area contributed by atoms with Gasteiger partial charge in [0.1, 0.15) is 34.2 Å². The highest BCUT2D eigenvalue weighted by molar-refractivity contribution is 5.97. The van der Waals surface area contributed by atoms with Crippen LogP contribution < -0.4 is 10.2 Å². The van der Waals surface area contributed by atoms with E-state index in [1.807, 2.05) is 0 Å². The first-order chi connectivity index (χ1) is 16.7. The normalized spacial score (nSPS) is 19.4. The van der Waals surface area contributed by atoms with Gasteiger partial charge < -0.3 is 34.3 Å². The maximum absolute atomic E-state index is 13.8. The summed E-state index contributed by atoms with van der Waals surface area (Å²) in [5.41, 5.74) is -0.695. The van der Waals surface area contributed by atoms with Gasteiger partial charge in [-0.05, 0) is 51.5 Å². The van der Waals surface area contributed by atoms with E-state index in [0.29, 0.717) is 16.9 Å². The molecule has 0 bridgehead atoms. The molecule has 0 amide bonds. The Morgan fingerprint density at radius 2 is 1.92 bits per heavy atom. The first-order valence-corrected chi connectivity index (χ1v) is 11.5. The van der Waals surface area contributed by atoms with Crippen molar-refractivity contribution in [2.24, 2.45) is 5.92 Å². The quantitative estimate of drug-likeness (QED) is 0.236. The highest BCUT2D eigenvalue weighted by Crippen LogP contribution is 2.45. The van der Waals surface area contributed by atoms with Crippen LogP contribution in [0.4, 0.5) is 0 Å². The van der Waals surface area contributed by atoms with E-state index in [2.05, 4.69) is 6.58 Å². The van der Waals surface area contributed by atoms with Gasteiger partial charge in [-0.3, -0.25) is 9.59 Å². The number of aliphatic hydroxyl groups excluding tert-OH is 2. The minimum absolute atomic E-state index is 0.0427. The van der Waals surface area contributed by atoms with E-state index in [4.69, 9.17) is 13.9 Å². The Morgan fingerprint density at radius 1 is 1.25 bits per heavy atom. The first kappa shape index (κ1) is 25.7. The van der Waals surface area contributed by atoms with Crippen molar-refractivity contribution in [3.8, 4) is 11.5 Å². The van der Waals surface area contributed by atoms with E-state index >= 15 is 0 Å². The van der Waals surface area contributed by atoms with Crippen molar-refractivity contribution in [1.82, 2.24) is 0 Å². The number of aryl methyl sites for hydroxylation is 1. The van der Waals surface area contributed by atoms with Crippen molar-refractivity contribution >= 4 is 27.9 Å². The molecule has 2 aromatic carbocycles. The summed E-state index contributed by atoms with van der Waals surface area (Å²) < 4.78 is 17.4. The Hall–Kier alpha value is -3.40. The van der Waals surface area contributed by atoms with Crippen LogP contribution in [0, 0.1) is 12.8 Å². The van der Waals surface area contributed by atoms with Crippen LogP contribution in [0.15, 0.2) is 39.6 Å². The Bertz CT molecular complexity index is 1440. The Morgan fingerprint density at radius 3 is 2.50 bits per heavy atom. The van der Waals surface area contributed by atoms with Gasteiger partial charge in [0.15, 0.2) is 6.10 Å². The van der Waals surface area contributed by atoms with E-state index in [-0.39, 0.29) is 39.7 Å². The molecular formula is C27H30O9. The van der Waals surface area contributed by atoms with Gasteiger partial charge in [0.25, 0.3) is 0 Å². The average Bonchev–Trinajstić information content (AvgIpc) is 2.76. The maximum atomic E-state index is 13.8. The predicted molar refractivity (Wildman–Crippen MR) is 132 cm³/mol. The number of rotatable bonds is 5. The van der Waals surface area contributed by atoms with Crippen LogP contribution in [0.5, 0.6) is 11.5 Å². The Labute approximate surface area is 207 Å². The molecule has 0 saturated carbocycles. The number of ether oxygens (including phenoxy) is 2. The fourth-order valence-corrected chi connectivity index (χ4v) is 4.68. The number of esters is 1. The molecule has 0 aliphatic carbocycles. The van der Waals surface area contributed by atoms with Gasteiger partial charge in [0.05, 0.1) is 23.7 Å². The van der Waals surface area contributed by atoms with Crippen LogP contribution in [0.25, 0.3) is 21.9 Å². The molecule has 2 heterocycles. The van der Waals surface area contributed by atoms with Gasteiger partial charge in [-0.1, -0.05) is 12.2 Å². The summed E-state index contributed by atoms with van der Waals surface area (Å²) >= 11 is 0. The lowest BCUT2D eigenvalue weighted by Crippen LogP contribution is -2.42. The molecule has 9 nitrogen and oxygen atoms in total. The summed E-state index contributed by atoms with van der Waals surface area (Å²) in [6.07, 6.45) is -4.09. The Balaban J connectivity index is 2.09. The molecule has 4 atom stereocenters. The number of carbonyl (C=O) groups excluding carboxylic acids is 1. The van der Waals surface area contributed by atoms with Crippen LogP contribution in [0.1, 0.15) is 56.6 Å². The molecule has 1 aromatic heterocycles. The predicted octanol–water partition coefficient (Wildman–Crippen LogP) is 3.31. The number of aromatic hydroxyl groups is 1. The Kier molecular flexibility index (Phi) is 6.36. The van der Waals surface area contributed by atoms with E-state index in [0.717, 1.165) is 6.92 Å². The summed E-state index contributed by atoms with van der Waals surface area (Å²) in [5, 5.41) is 42.9. The number of hydrogen-bond donors (Lipinski definition) is 4. The second-order valence-electron chi connectivity index (χ2n) is 9.96. The van der Waals surface area contributed by atoms with Gasteiger partial charge >= 0.3 is 5.97 Å². The average molecular weight is 499 g/mol. The standard InChI is InChI=1S/C27H30O9/c1-11(2)15-10-34-23-12(3)9-17-19(20(23)21(15)30)22(31)18-16(29)8-7-14(24(18)36-17)25(35-13(4)28)26(32)27(5,6)33/h7-9,15,21,25-26,29-30,32-33H,1,10H2,2-6H3/t15-,21-,25+,26+/m1/s1. The zero-order valence-corrected chi connectivity index (χ0v) is 20.8. The van der Waals surface area contributed by atoms with Gasteiger partial charge in [0, 0.05) is 24.0 Å². The van der Waals surface area contributed by atoms with Crippen molar-refractivity contribution in [2.75, 3.05) is 6.61 Å². The highest BCUT2D eigenvalue weighted by Gasteiger charge is 2.39. The molecule has 4 N–H and O–H groups in total. The van der Waals surface area contributed by atoms with Crippen LogP contribution in [0.3, 0.4) is 0 Å². The number of phenolic OH excluding ortho intramolecular Hbond substituents is 1. The van der Waals surface area contributed by atoms with E-state index in [1.54, 1.807) is 19.9 Å². The summed E-state index contributed by atoms with van der Waals surface area (Å²) in [7, 11) is 0. The van der Waals surface area contributed by atoms with E-state index in [9.17, 15) is 30.0 Å². The second-order valence-corrected chi connectivity index (χ2v) is 9.96. The van der Waals surface area contributed by atoms with Crippen molar-refractivity contribution in [3.63, 3.8) is 0 Å². The number of carbonyl (C=O) groups is 1. The molecule has 0 unspecified atom stereocenters. The molecule has 9 heteroatoms. The molecule has 36 heavy (non-hydrogen) atoms. The number of aliphatic hydroxyl groups is 3. The lowest BCUT2D eigenvalue weighted by molar-refractivity contribution is -0.165. The summed E-state index contributed by atoms with van der Waals surface area (Å²) in [6.45, 7) is 11.5. The molecule has 0 spiro atoms. The molecule has 0 fully saturated rings. The summed E-state index contributed by atoms with van der Waals surface area (Å²) in [6, 6.07) is 4.16. The maximum Gasteiger partial charge on any atom is 0.303 e. The molecule has 192 valence electrons. The summed E-state index contributed by atoms with van der Waals surface area (Å²) in [4.78, 5) is 25.7. The topological polar surface area (TPSA) is 147 Å². The highest BCUT2D eigenvalue weighted by atomic mass is 16.6. The van der Waals surface area contributed by atoms with Crippen LogP contribution >= 0.6 is 0 Å². The lowest BCUT2D eigenvalue weighted by Gasteiger charge is -2.33. The monoisotopic (exact) mass is 498 g/mol. The third kappa shape index (κ3) is 4.13. The van der Waals surface area contributed by atoms with Crippen molar-refractivity contribution < 1.29 is 39.1 Å². The first-order valence-electron chi connectivity index (χ1n) is 11.5. The summed E-state index contributed by atoms with van der Waals surface area (Å²) in [5.74, 6) is -1.22. The SMILES string of the molecule is C=C(C)[C@H]1COc2c(C)cc3oc4c([C@H](OC(C)=O)[C@H](O)C(C)(C)O)ccc(O)c4c(=O)c3c2[C@@H]1O. The molecule has 0 saturated heterocycles. The van der Waals surface area contributed by atoms with Crippen LogP contribution in [0.2, 0.25) is 0 Å². The van der Waals surface area contributed by atoms with E-state index in [1.165, 1.54) is 26.0 Å². The molecular weight excluding hydrogens is 468 g/mol. The molecule has 0 radical (unpaired) electrons. The van der Waals surface area contributed by atoms with Crippen LogP contribution in [-0.2, 0) is 9.53 Å². The third-order valence-electron chi connectivity index (χ3n) is 6.63. The number of benzene rings is 2. The van der Waals surface area contributed by atoms with Crippen LogP contribution in [-0.4, -0.2) is 44.7 Å². The zero-order chi connectivity index (χ0) is 26.7. The fraction of sp³-hybridized carbons (Fsp3) is 0.407. The minimum atomic E-state index is -1.68. The number of phenols is 1. The van der Waals surface area contributed by atoms with Gasteiger partial charge in [-0.15, -0.1) is 0 Å². The number of hydrogen-bond acceptors (Lipinski definition) is 9. The fourth-order valence-electron chi connectivity index (χ4n) is 4.68.